The Morgan fingerprint density at radius 2 is 1.89 bits per heavy atom. The Bertz CT molecular complexity index is 558. The van der Waals surface area contributed by atoms with Crippen LogP contribution in [0.4, 0.5) is 0 Å². The van der Waals surface area contributed by atoms with Crippen molar-refractivity contribution in [2.75, 3.05) is 6.61 Å². The van der Waals surface area contributed by atoms with Crippen molar-refractivity contribution in [3.8, 4) is 11.4 Å². The molecular weight excluding hydrogens is 304 g/mol. The summed E-state index contributed by atoms with van der Waals surface area (Å²) < 4.78 is 2.94. The summed E-state index contributed by atoms with van der Waals surface area (Å²) >= 11 is 3.53. The van der Waals surface area contributed by atoms with E-state index in [4.69, 9.17) is 5.11 Å². The third kappa shape index (κ3) is 2.90. The quantitative estimate of drug-likeness (QED) is 0.935. The third-order valence-corrected chi connectivity index (χ3v) is 4.26. The van der Waals surface area contributed by atoms with E-state index in [2.05, 4.69) is 59.0 Å². The predicted octanol–water partition coefficient (Wildman–Crippen LogP) is 3.51. The van der Waals surface area contributed by atoms with Gasteiger partial charge in [-0.3, -0.25) is 0 Å². The fraction of sp³-hybridized carbons (Fsp3) is 0.400. The van der Waals surface area contributed by atoms with Gasteiger partial charge in [0.1, 0.15) is 10.4 Å². The number of benzene rings is 1. The van der Waals surface area contributed by atoms with E-state index in [1.807, 2.05) is 11.6 Å². The Morgan fingerprint density at radius 1 is 1.26 bits per heavy atom. The highest BCUT2D eigenvalue weighted by Gasteiger charge is 2.13. The summed E-state index contributed by atoms with van der Waals surface area (Å²) in [5.74, 6) is 1.46. The van der Waals surface area contributed by atoms with Crippen molar-refractivity contribution in [2.45, 2.75) is 26.2 Å². The lowest BCUT2D eigenvalue weighted by atomic mass is 10.0. The van der Waals surface area contributed by atoms with E-state index in [-0.39, 0.29) is 6.61 Å². The van der Waals surface area contributed by atoms with Crippen LogP contribution < -0.4 is 0 Å². The molecule has 3 nitrogen and oxygen atoms in total. The van der Waals surface area contributed by atoms with Crippen molar-refractivity contribution in [2.24, 2.45) is 7.05 Å². The fourth-order valence-electron chi connectivity index (χ4n) is 2.08. The first-order chi connectivity index (χ1) is 9.04. The van der Waals surface area contributed by atoms with Gasteiger partial charge in [0, 0.05) is 25.6 Å². The monoisotopic (exact) mass is 322 g/mol. The highest BCUT2D eigenvalue weighted by atomic mass is 79.9. The number of rotatable bonds is 4. The van der Waals surface area contributed by atoms with Crippen LogP contribution in [0.25, 0.3) is 11.4 Å². The second-order valence-electron chi connectivity index (χ2n) is 4.98. The molecule has 102 valence electrons. The molecule has 0 aliphatic rings. The van der Waals surface area contributed by atoms with Crippen LogP contribution in [-0.2, 0) is 13.5 Å². The highest BCUT2D eigenvalue weighted by Crippen LogP contribution is 2.26. The normalized spacial score (nSPS) is 11.3. The van der Waals surface area contributed by atoms with Gasteiger partial charge in [-0.25, -0.2) is 4.98 Å². The van der Waals surface area contributed by atoms with Crippen LogP contribution >= 0.6 is 15.9 Å². The van der Waals surface area contributed by atoms with Gasteiger partial charge in [-0.1, -0.05) is 38.1 Å². The molecule has 0 aliphatic heterocycles. The summed E-state index contributed by atoms with van der Waals surface area (Å²) in [5, 5.41) is 9.04. The standard InChI is InChI=1S/C15H19BrN2O/c1-10(2)11-4-6-12(7-5-11)15-17-13(8-9-19)14(16)18(15)3/h4-7,10,19H,8-9H2,1-3H3. The molecule has 2 aromatic rings. The van der Waals surface area contributed by atoms with Crippen LogP contribution in [-0.4, -0.2) is 21.3 Å². The lowest BCUT2D eigenvalue weighted by molar-refractivity contribution is 0.298. The van der Waals surface area contributed by atoms with Crippen LogP contribution in [0.15, 0.2) is 28.9 Å². The number of aromatic nitrogens is 2. The summed E-state index contributed by atoms with van der Waals surface area (Å²) in [6, 6.07) is 8.50. The first kappa shape index (κ1) is 14.3. The average Bonchev–Trinajstić information content (AvgIpc) is 2.68. The molecule has 4 heteroatoms. The zero-order valence-electron chi connectivity index (χ0n) is 11.5. The molecule has 0 bridgehead atoms. The van der Waals surface area contributed by atoms with Crippen molar-refractivity contribution in [1.82, 2.24) is 9.55 Å². The van der Waals surface area contributed by atoms with Gasteiger partial charge in [0.15, 0.2) is 0 Å². The van der Waals surface area contributed by atoms with Gasteiger partial charge in [-0.05, 0) is 27.4 Å². The van der Waals surface area contributed by atoms with Gasteiger partial charge in [0.25, 0.3) is 0 Å². The molecule has 0 saturated carbocycles. The average molecular weight is 323 g/mol. The number of imidazole rings is 1. The predicted molar refractivity (Wildman–Crippen MR) is 81.2 cm³/mol. The Hall–Kier alpha value is -1.13. The number of hydrogen-bond donors (Lipinski definition) is 1. The molecule has 0 aliphatic carbocycles. The molecule has 0 spiro atoms. The molecule has 0 amide bonds. The molecule has 2 rings (SSSR count). The maximum atomic E-state index is 9.04. The smallest absolute Gasteiger partial charge is 0.140 e. The Kier molecular flexibility index (Phi) is 4.42. The topological polar surface area (TPSA) is 38.1 Å². The number of aliphatic hydroxyl groups excluding tert-OH is 1. The highest BCUT2D eigenvalue weighted by molar-refractivity contribution is 9.10. The van der Waals surface area contributed by atoms with Crippen LogP contribution in [0.1, 0.15) is 31.0 Å². The van der Waals surface area contributed by atoms with E-state index in [1.165, 1.54) is 5.56 Å². The summed E-state index contributed by atoms with van der Waals surface area (Å²) in [6.45, 7) is 4.48. The summed E-state index contributed by atoms with van der Waals surface area (Å²) in [4.78, 5) is 4.60. The zero-order valence-corrected chi connectivity index (χ0v) is 13.1. The summed E-state index contributed by atoms with van der Waals surface area (Å²) in [5.41, 5.74) is 3.32. The van der Waals surface area contributed by atoms with E-state index in [1.54, 1.807) is 0 Å². The van der Waals surface area contributed by atoms with E-state index in [9.17, 15) is 0 Å². The molecule has 0 saturated heterocycles. The maximum Gasteiger partial charge on any atom is 0.140 e. The number of aliphatic hydroxyl groups is 1. The van der Waals surface area contributed by atoms with Gasteiger partial charge >= 0.3 is 0 Å². The number of hydrogen-bond acceptors (Lipinski definition) is 2. The third-order valence-electron chi connectivity index (χ3n) is 3.28. The minimum atomic E-state index is 0.112. The van der Waals surface area contributed by atoms with Crippen molar-refractivity contribution < 1.29 is 5.11 Å². The molecular formula is C15H19BrN2O. The molecule has 0 atom stereocenters. The van der Waals surface area contributed by atoms with E-state index in [0.29, 0.717) is 12.3 Å². The van der Waals surface area contributed by atoms with Gasteiger partial charge < -0.3 is 9.67 Å². The largest absolute Gasteiger partial charge is 0.396 e. The second-order valence-corrected chi connectivity index (χ2v) is 5.73. The summed E-state index contributed by atoms with van der Waals surface area (Å²) in [7, 11) is 1.98. The SMILES string of the molecule is CC(C)c1ccc(-c2nc(CCO)c(Br)n2C)cc1. The molecule has 0 unspecified atom stereocenters. The van der Waals surface area contributed by atoms with E-state index in [0.717, 1.165) is 21.7 Å². The van der Waals surface area contributed by atoms with Gasteiger partial charge in [0.05, 0.1) is 5.69 Å². The lowest BCUT2D eigenvalue weighted by Gasteiger charge is -2.07. The lowest BCUT2D eigenvalue weighted by Crippen LogP contribution is -1.94. The second kappa shape index (κ2) is 5.88. The summed E-state index contributed by atoms with van der Waals surface area (Å²) in [6.07, 6.45) is 0.568. The van der Waals surface area contributed by atoms with Crippen molar-refractivity contribution in [3.05, 3.63) is 40.1 Å². The zero-order chi connectivity index (χ0) is 14.0. The Morgan fingerprint density at radius 3 is 2.42 bits per heavy atom. The van der Waals surface area contributed by atoms with Gasteiger partial charge in [-0.15, -0.1) is 0 Å². The van der Waals surface area contributed by atoms with Gasteiger partial charge in [-0.2, -0.15) is 0 Å². The number of nitrogens with zero attached hydrogens (tertiary/aromatic N) is 2. The number of halogens is 1. The van der Waals surface area contributed by atoms with Crippen molar-refractivity contribution in [3.63, 3.8) is 0 Å². The van der Waals surface area contributed by atoms with E-state index < -0.39 is 0 Å². The maximum absolute atomic E-state index is 9.04. The molecule has 1 heterocycles. The minimum Gasteiger partial charge on any atom is -0.396 e. The van der Waals surface area contributed by atoms with E-state index >= 15 is 0 Å². The molecule has 1 N–H and O–H groups in total. The molecule has 0 radical (unpaired) electrons. The molecule has 1 aromatic heterocycles. The first-order valence-electron chi connectivity index (χ1n) is 6.47. The van der Waals surface area contributed by atoms with Crippen molar-refractivity contribution >= 4 is 15.9 Å². The van der Waals surface area contributed by atoms with Gasteiger partial charge in [0.2, 0.25) is 0 Å². The van der Waals surface area contributed by atoms with Crippen LogP contribution in [0.3, 0.4) is 0 Å². The van der Waals surface area contributed by atoms with Crippen molar-refractivity contribution in [1.29, 1.82) is 0 Å². The van der Waals surface area contributed by atoms with Crippen LogP contribution in [0.2, 0.25) is 0 Å². The molecule has 19 heavy (non-hydrogen) atoms. The van der Waals surface area contributed by atoms with Crippen LogP contribution in [0, 0.1) is 0 Å². The molecule has 1 aromatic carbocycles. The minimum absolute atomic E-state index is 0.112. The fourth-order valence-corrected chi connectivity index (χ4v) is 2.53. The Balaban J connectivity index is 2.38. The Labute approximate surface area is 122 Å². The first-order valence-corrected chi connectivity index (χ1v) is 7.26. The molecule has 0 fully saturated rings. The van der Waals surface area contributed by atoms with Crippen LogP contribution in [0.5, 0.6) is 0 Å².